The molecule has 2 amide bonds. The standard InChI is InChI=1S/C14H19N3O6S/c1-9(14(15)20)23-13(19)7-8-16-24(21,22)12-5-3-11(4-6-12)17-10(2)18/h3-6,9,16H,7-8H2,1-2H3,(H2,15,20)(H,17,18)/t9-/m0/s1. The molecule has 0 bridgehead atoms. The van der Waals surface area contributed by atoms with E-state index < -0.39 is 28.0 Å². The molecule has 0 unspecified atom stereocenters. The van der Waals surface area contributed by atoms with Crippen LogP contribution in [-0.2, 0) is 29.1 Å². The lowest BCUT2D eigenvalue weighted by atomic mass is 10.3. The normalized spacial score (nSPS) is 12.2. The first-order chi connectivity index (χ1) is 11.1. The lowest BCUT2D eigenvalue weighted by Crippen LogP contribution is -2.32. The van der Waals surface area contributed by atoms with Crippen molar-refractivity contribution in [3.05, 3.63) is 24.3 Å². The largest absolute Gasteiger partial charge is 0.453 e. The number of primary amides is 1. The van der Waals surface area contributed by atoms with E-state index in [-0.39, 0.29) is 23.8 Å². The van der Waals surface area contributed by atoms with E-state index in [0.29, 0.717) is 5.69 Å². The van der Waals surface area contributed by atoms with E-state index in [9.17, 15) is 22.8 Å². The van der Waals surface area contributed by atoms with Crippen molar-refractivity contribution in [2.45, 2.75) is 31.3 Å². The first-order valence-electron chi connectivity index (χ1n) is 6.98. The first kappa shape index (κ1) is 19.6. The summed E-state index contributed by atoms with van der Waals surface area (Å²) in [5.74, 6) is -1.80. The first-order valence-corrected chi connectivity index (χ1v) is 8.46. The molecule has 1 atom stereocenters. The van der Waals surface area contributed by atoms with Crippen LogP contribution in [0.4, 0.5) is 5.69 Å². The molecule has 9 nitrogen and oxygen atoms in total. The summed E-state index contributed by atoms with van der Waals surface area (Å²) < 4.78 is 31.0. The van der Waals surface area contributed by atoms with Gasteiger partial charge in [0, 0.05) is 19.2 Å². The van der Waals surface area contributed by atoms with Crippen LogP contribution >= 0.6 is 0 Å². The second-order valence-corrected chi connectivity index (χ2v) is 6.65. The van der Waals surface area contributed by atoms with Gasteiger partial charge >= 0.3 is 5.97 Å². The molecule has 24 heavy (non-hydrogen) atoms. The van der Waals surface area contributed by atoms with Crippen molar-refractivity contribution in [1.82, 2.24) is 4.72 Å². The third kappa shape index (κ3) is 6.34. The number of esters is 1. The van der Waals surface area contributed by atoms with Crippen LogP contribution in [0.1, 0.15) is 20.3 Å². The molecule has 0 radical (unpaired) electrons. The van der Waals surface area contributed by atoms with Crippen LogP contribution in [0.5, 0.6) is 0 Å². The number of hydrogen-bond acceptors (Lipinski definition) is 6. The van der Waals surface area contributed by atoms with Gasteiger partial charge in [-0.2, -0.15) is 0 Å². The Balaban J connectivity index is 2.56. The Labute approximate surface area is 139 Å². The molecule has 1 rings (SSSR count). The SMILES string of the molecule is CC(=O)Nc1ccc(S(=O)(=O)NCCC(=O)O[C@@H](C)C(N)=O)cc1. The third-order valence-corrected chi connectivity index (χ3v) is 4.29. The highest BCUT2D eigenvalue weighted by Gasteiger charge is 2.17. The van der Waals surface area contributed by atoms with E-state index in [1.165, 1.54) is 38.1 Å². The van der Waals surface area contributed by atoms with Gasteiger partial charge in [-0.25, -0.2) is 13.1 Å². The van der Waals surface area contributed by atoms with Crippen molar-refractivity contribution in [2.24, 2.45) is 5.73 Å². The Kier molecular flexibility index (Phi) is 6.86. The van der Waals surface area contributed by atoms with Gasteiger partial charge in [0.2, 0.25) is 15.9 Å². The number of carbonyl (C=O) groups excluding carboxylic acids is 3. The van der Waals surface area contributed by atoms with Crippen molar-refractivity contribution in [1.29, 1.82) is 0 Å². The van der Waals surface area contributed by atoms with Gasteiger partial charge in [-0.1, -0.05) is 0 Å². The zero-order chi connectivity index (χ0) is 18.3. The number of nitrogens with one attached hydrogen (secondary N) is 2. The van der Waals surface area contributed by atoms with Gasteiger partial charge in [0.05, 0.1) is 11.3 Å². The van der Waals surface area contributed by atoms with Crippen molar-refractivity contribution < 1.29 is 27.5 Å². The van der Waals surface area contributed by atoms with Crippen LogP contribution in [0, 0.1) is 0 Å². The second kappa shape index (κ2) is 8.41. The highest BCUT2D eigenvalue weighted by molar-refractivity contribution is 7.89. The van der Waals surface area contributed by atoms with Gasteiger partial charge in [0.15, 0.2) is 6.10 Å². The molecule has 0 saturated heterocycles. The Morgan fingerprint density at radius 3 is 2.29 bits per heavy atom. The Morgan fingerprint density at radius 1 is 1.21 bits per heavy atom. The monoisotopic (exact) mass is 357 g/mol. The number of amides is 2. The molecule has 0 aliphatic rings. The maximum absolute atomic E-state index is 12.1. The average molecular weight is 357 g/mol. The fraction of sp³-hybridized carbons (Fsp3) is 0.357. The Hall–Kier alpha value is -2.46. The van der Waals surface area contributed by atoms with Crippen LogP contribution in [-0.4, -0.2) is 38.9 Å². The van der Waals surface area contributed by atoms with Crippen LogP contribution in [0.15, 0.2) is 29.2 Å². The number of nitrogens with two attached hydrogens (primary N) is 1. The third-order valence-electron chi connectivity index (χ3n) is 2.82. The molecule has 4 N–H and O–H groups in total. The van der Waals surface area contributed by atoms with Gasteiger partial charge in [0.25, 0.3) is 5.91 Å². The summed E-state index contributed by atoms with van der Waals surface area (Å²) in [6, 6.07) is 5.53. The van der Waals surface area contributed by atoms with Crippen molar-refractivity contribution in [3.63, 3.8) is 0 Å². The molecule has 0 fully saturated rings. The average Bonchev–Trinajstić information content (AvgIpc) is 2.46. The zero-order valence-corrected chi connectivity index (χ0v) is 14.1. The van der Waals surface area contributed by atoms with E-state index in [2.05, 4.69) is 10.0 Å². The maximum atomic E-state index is 12.1. The zero-order valence-electron chi connectivity index (χ0n) is 13.2. The summed E-state index contributed by atoms with van der Waals surface area (Å²) in [7, 11) is -3.81. The predicted octanol–water partition coefficient (Wildman–Crippen LogP) is -0.270. The molecule has 0 spiro atoms. The van der Waals surface area contributed by atoms with Crippen LogP contribution < -0.4 is 15.8 Å². The summed E-state index contributed by atoms with van der Waals surface area (Å²) in [4.78, 5) is 33.1. The highest BCUT2D eigenvalue weighted by atomic mass is 32.2. The van der Waals surface area contributed by atoms with Crippen molar-refractivity contribution >= 4 is 33.5 Å². The minimum Gasteiger partial charge on any atom is -0.453 e. The van der Waals surface area contributed by atoms with E-state index in [4.69, 9.17) is 10.5 Å². The quantitative estimate of drug-likeness (QED) is 0.546. The number of sulfonamides is 1. The maximum Gasteiger partial charge on any atom is 0.307 e. The summed E-state index contributed by atoms with van der Waals surface area (Å²) in [5, 5.41) is 2.52. The molecular weight excluding hydrogens is 338 g/mol. The van der Waals surface area contributed by atoms with Gasteiger partial charge in [-0.05, 0) is 31.2 Å². The number of rotatable bonds is 8. The Morgan fingerprint density at radius 2 is 1.79 bits per heavy atom. The molecule has 0 aliphatic carbocycles. The molecule has 0 aliphatic heterocycles. The topological polar surface area (TPSA) is 145 Å². The van der Waals surface area contributed by atoms with Gasteiger partial charge in [0.1, 0.15) is 0 Å². The van der Waals surface area contributed by atoms with Gasteiger partial charge in [-0.3, -0.25) is 14.4 Å². The minimum atomic E-state index is -3.81. The number of hydrogen-bond donors (Lipinski definition) is 3. The second-order valence-electron chi connectivity index (χ2n) is 4.89. The van der Waals surface area contributed by atoms with Gasteiger partial charge in [-0.15, -0.1) is 0 Å². The van der Waals surface area contributed by atoms with Crippen molar-refractivity contribution in [2.75, 3.05) is 11.9 Å². The minimum absolute atomic E-state index is 0.0181. The fourth-order valence-electron chi connectivity index (χ4n) is 1.61. The van der Waals surface area contributed by atoms with Crippen LogP contribution in [0.25, 0.3) is 0 Å². The molecule has 0 heterocycles. The van der Waals surface area contributed by atoms with E-state index >= 15 is 0 Å². The molecule has 1 aromatic rings. The summed E-state index contributed by atoms with van der Waals surface area (Å²) in [6.07, 6.45) is -1.32. The van der Waals surface area contributed by atoms with Crippen LogP contribution in [0.2, 0.25) is 0 Å². The number of ether oxygens (including phenoxy) is 1. The van der Waals surface area contributed by atoms with E-state index in [0.717, 1.165) is 0 Å². The molecule has 10 heteroatoms. The smallest absolute Gasteiger partial charge is 0.307 e. The van der Waals surface area contributed by atoms with Gasteiger partial charge < -0.3 is 15.8 Å². The number of carbonyl (C=O) groups is 3. The summed E-state index contributed by atoms with van der Waals surface area (Å²) >= 11 is 0. The summed E-state index contributed by atoms with van der Waals surface area (Å²) in [5.41, 5.74) is 5.41. The Bertz CT molecular complexity index is 715. The van der Waals surface area contributed by atoms with E-state index in [1.807, 2.05) is 0 Å². The van der Waals surface area contributed by atoms with Crippen molar-refractivity contribution in [3.8, 4) is 0 Å². The number of benzene rings is 1. The van der Waals surface area contributed by atoms with Crippen LogP contribution in [0.3, 0.4) is 0 Å². The molecule has 1 aromatic carbocycles. The highest BCUT2D eigenvalue weighted by Crippen LogP contribution is 2.13. The van der Waals surface area contributed by atoms with E-state index in [1.54, 1.807) is 0 Å². The molecule has 132 valence electrons. The number of anilines is 1. The molecule has 0 saturated carbocycles. The lowest BCUT2D eigenvalue weighted by Gasteiger charge is -2.10. The predicted molar refractivity (Wildman–Crippen MR) is 85.3 cm³/mol. The molecular formula is C14H19N3O6S. The lowest BCUT2D eigenvalue weighted by molar-refractivity contribution is -0.153. The molecule has 0 aromatic heterocycles. The summed E-state index contributed by atoms with van der Waals surface area (Å²) in [6.45, 7) is 2.46. The fourth-order valence-corrected chi connectivity index (χ4v) is 2.64.